The van der Waals surface area contributed by atoms with Crippen molar-refractivity contribution >= 4 is 39.5 Å². The average molecular weight is 531 g/mol. The molecule has 0 bridgehead atoms. The number of imidazole rings is 1. The lowest BCUT2D eigenvalue weighted by molar-refractivity contribution is -0.192. The number of aliphatic carboxylic acids is 1. The Hall–Kier alpha value is -4.59. The predicted molar refractivity (Wildman–Crippen MR) is 127 cm³/mol. The molecule has 0 fully saturated rings. The van der Waals surface area contributed by atoms with Gasteiger partial charge in [-0.3, -0.25) is 4.57 Å². The van der Waals surface area contributed by atoms with E-state index in [1.807, 2.05) is 18.2 Å². The van der Waals surface area contributed by atoms with Crippen molar-refractivity contribution in [2.24, 2.45) is 0 Å². The third-order valence-corrected chi connectivity index (χ3v) is 5.83. The summed E-state index contributed by atoms with van der Waals surface area (Å²) >= 11 is 0. The number of alkyl halides is 3. The maximum absolute atomic E-state index is 14.5. The fraction of sp³-hybridized carbons (Fsp3) is 0.167. The standard InChI is InChI=1S/C22H17F2N7.C2HF3O2/c23-15-2-1-3-19-20(15)27-11-31(19)21-16(24)10-26-22(30-21)28-12-4-5-17-13(8-12)14-9-25-7-6-18(14)29-17;3-2(4,5)1(6)7/h1-5,8,10-11,25,29H,6-7,9H2,(H,26,28,30);(H,6,7). The number of nitrogens with one attached hydrogen (secondary N) is 3. The molecule has 0 spiro atoms. The van der Waals surface area contributed by atoms with Gasteiger partial charge < -0.3 is 20.7 Å². The molecule has 6 rings (SSSR count). The number of halogens is 5. The van der Waals surface area contributed by atoms with Crippen molar-refractivity contribution in [3.05, 3.63) is 71.8 Å². The van der Waals surface area contributed by atoms with Gasteiger partial charge in [0.2, 0.25) is 5.95 Å². The molecule has 0 saturated heterocycles. The molecule has 0 atom stereocenters. The van der Waals surface area contributed by atoms with Crippen LogP contribution in [0.1, 0.15) is 11.3 Å². The lowest BCUT2D eigenvalue weighted by Crippen LogP contribution is -2.22. The Morgan fingerprint density at radius 1 is 1.11 bits per heavy atom. The quantitative estimate of drug-likeness (QED) is 0.251. The molecule has 3 aromatic heterocycles. The van der Waals surface area contributed by atoms with Crippen molar-refractivity contribution in [1.82, 2.24) is 29.8 Å². The molecule has 1 aliphatic heterocycles. The first-order valence-electron chi connectivity index (χ1n) is 11.2. The highest BCUT2D eigenvalue weighted by Gasteiger charge is 2.38. The monoisotopic (exact) mass is 531 g/mol. The number of hydrogen-bond acceptors (Lipinski definition) is 6. The van der Waals surface area contributed by atoms with E-state index in [9.17, 15) is 22.0 Å². The van der Waals surface area contributed by atoms with Crippen molar-refractivity contribution in [3.8, 4) is 5.82 Å². The van der Waals surface area contributed by atoms with E-state index >= 15 is 0 Å². The van der Waals surface area contributed by atoms with E-state index in [1.54, 1.807) is 12.1 Å². The maximum Gasteiger partial charge on any atom is 0.490 e. The number of hydrogen-bond donors (Lipinski definition) is 4. The van der Waals surface area contributed by atoms with Gasteiger partial charge in [-0.25, -0.2) is 23.5 Å². The molecular formula is C24H18F5N7O2. The van der Waals surface area contributed by atoms with E-state index in [1.165, 1.54) is 28.2 Å². The number of carboxylic acids is 1. The summed E-state index contributed by atoms with van der Waals surface area (Å²) in [5.74, 6) is -3.63. The van der Waals surface area contributed by atoms with Gasteiger partial charge in [-0.05, 0) is 35.9 Å². The number of rotatable bonds is 3. The van der Waals surface area contributed by atoms with Gasteiger partial charge in [0.1, 0.15) is 11.8 Å². The zero-order valence-corrected chi connectivity index (χ0v) is 19.3. The van der Waals surface area contributed by atoms with Gasteiger partial charge in [0.05, 0.1) is 11.7 Å². The van der Waals surface area contributed by atoms with Crippen molar-refractivity contribution < 1.29 is 31.9 Å². The van der Waals surface area contributed by atoms with Crippen molar-refractivity contribution in [1.29, 1.82) is 0 Å². The summed E-state index contributed by atoms with van der Waals surface area (Å²) in [5.41, 5.74) is 4.97. The zero-order valence-electron chi connectivity index (χ0n) is 19.3. The Balaban J connectivity index is 0.000000374. The number of aromatic amines is 1. The van der Waals surface area contributed by atoms with E-state index in [2.05, 4.69) is 30.6 Å². The lowest BCUT2D eigenvalue weighted by Gasteiger charge is -2.13. The van der Waals surface area contributed by atoms with Crippen LogP contribution in [-0.4, -0.2) is 48.3 Å². The van der Waals surface area contributed by atoms with Crippen LogP contribution in [0.25, 0.3) is 27.8 Å². The minimum atomic E-state index is -5.08. The van der Waals surface area contributed by atoms with Crippen LogP contribution in [0.4, 0.5) is 33.6 Å². The van der Waals surface area contributed by atoms with Crippen LogP contribution in [-0.2, 0) is 17.8 Å². The van der Waals surface area contributed by atoms with E-state index in [-0.39, 0.29) is 17.3 Å². The summed E-state index contributed by atoms with van der Waals surface area (Å²) in [5, 5.41) is 14.8. The second-order valence-corrected chi connectivity index (χ2v) is 8.28. The lowest BCUT2D eigenvalue weighted by atomic mass is 10.1. The normalized spacial score (nSPS) is 13.2. The molecule has 1 aliphatic rings. The van der Waals surface area contributed by atoms with Crippen LogP contribution in [0.15, 0.2) is 48.9 Å². The van der Waals surface area contributed by atoms with Crippen LogP contribution in [0.5, 0.6) is 0 Å². The zero-order chi connectivity index (χ0) is 27.0. The molecule has 38 heavy (non-hydrogen) atoms. The van der Waals surface area contributed by atoms with Crippen LogP contribution in [0.3, 0.4) is 0 Å². The number of aromatic nitrogens is 5. The first-order chi connectivity index (χ1) is 18.1. The molecule has 4 N–H and O–H groups in total. The molecular weight excluding hydrogens is 513 g/mol. The Morgan fingerprint density at radius 3 is 2.66 bits per heavy atom. The van der Waals surface area contributed by atoms with Gasteiger partial charge in [0.15, 0.2) is 17.5 Å². The summed E-state index contributed by atoms with van der Waals surface area (Å²) in [4.78, 5) is 24.8. The van der Waals surface area contributed by atoms with Gasteiger partial charge in [0, 0.05) is 41.8 Å². The third-order valence-electron chi connectivity index (χ3n) is 5.83. The number of H-pyrrole nitrogens is 1. The van der Waals surface area contributed by atoms with Crippen LogP contribution in [0, 0.1) is 11.6 Å². The molecule has 0 saturated carbocycles. The highest BCUT2D eigenvalue weighted by molar-refractivity contribution is 5.88. The van der Waals surface area contributed by atoms with Gasteiger partial charge in [0.25, 0.3) is 0 Å². The summed E-state index contributed by atoms with van der Waals surface area (Å²) < 4.78 is 61.7. The SMILES string of the molecule is Fc1cnc(Nc2ccc3[nH]c4c(c3c2)CNCC4)nc1-n1cnc2c(F)cccc21.O=C(O)C(F)(F)F. The second-order valence-electron chi connectivity index (χ2n) is 8.28. The molecule has 0 amide bonds. The Labute approximate surface area is 210 Å². The molecule has 9 nitrogen and oxygen atoms in total. The second kappa shape index (κ2) is 9.70. The van der Waals surface area contributed by atoms with Crippen LogP contribution in [0.2, 0.25) is 0 Å². The fourth-order valence-corrected chi connectivity index (χ4v) is 4.11. The molecule has 0 unspecified atom stereocenters. The largest absolute Gasteiger partial charge is 0.490 e. The van der Waals surface area contributed by atoms with Gasteiger partial charge in [-0.1, -0.05) is 6.07 Å². The number of para-hydroxylation sites is 1. The number of carboxylic acid groups (broad SMARTS) is 1. The number of fused-ring (bicyclic) bond motifs is 4. The predicted octanol–water partition coefficient (Wildman–Crippen LogP) is 4.60. The Morgan fingerprint density at radius 2 is 1.89 bits per heavy atom. The van der Waals surface area contributed by atoms with Crippen molar-refractivity contribution in [3.63, 3.8) is 0 Å². The fourth-order valence-electron chi connectivity index (χ4n) is 4.11. The molecule has 14 heteroatoms. The number of carbonyl (C=O) groups is 1. The molecule has 5 aromatic rings. The highest BCUT2D eigenvalue weighted by Crippen LogP contribution is 2.29. The topological polar surface area (TPSA) is 121 Å². The van der Waals surface area contributed by atoms with E-state index < -0.39 is 23.8 Å². The molecule has 0 radical (unpaired) electrons. The highest BCUT2D eigenvalue weighted by atomic mass is 19.4. The number of benzene rings is 2. The first-order valence-corrected chi connectivity index (χ1v) is 11.2. The maximum atomic E-state index is 14.5. The number of nitrogens with zero attached hydrogens (tertiary/aromatic N) is 4. The van der Waals surface area contributed by atoms with Crippen molar-refractivity contribution in [2.75, 3.05) is 11.9 Å². The van der Waals surface area contributed by atoms with Gasteiger partial charge >= 0.3 is 12.1 Å². The average Bonchev–Trinajstić information content (AvgIpc) is 3.47. The van der Waals surface area contributed by atoms with E-state index in [0.717, 1.165) is 42.3 Å². The summed E-state index contributed by atoms with van der Waals surface area (Å²) in [7, 11) is 0. The van der Waals surface area contributed by atoms with Crippen molar-refractivity contribution in [2.45, 2.75) is 19.1 Å². The minimum absolute atomic E-state index is 0.00472. The summed E-state index contributed by atoms with van der Waals surface area (Å²) in [6.07, 6.45) is -1.67. The van der Waals surface area contributed by atoms with Gasteiger partial charge in [-0.15, -0.1) is 0 Å². The summed E-state index contributed by atoms with van der Waals surface area (Å²) in [6, 6.07) is 10.5. The van der Waals surface area contributed by atoms with E-state index in [0.29, 0.717) is 5.52 Å². The van der Waals surface area contributed by atoms with E-state index in [4.69, 9.17) is 9.90 Å². The smallest absolute Gasteiger partial charge is 0.475 e. The van der Waals surface area contributed by atoms with Crippen LogP contribution >= 0.6 is 0 Å². The Bertz CT molecular complexity index is 1660. The molecule has 0 aliphatic carbocycles. The molecule has 4 heterocycles. The molecule has 196 valence electrons. The third kappa shape index (κ3) is 4.85. The van der Waals surface area contributed by atoms with Gasteiger partial charge in [-0.2, -0.15) is 18.2 Å². The van der Waals surface area contributed by atoms with Crippen LogP contribution < -0.4 is 10.6 Å². The summed E-state index contributed by atoms with van der Waals surface area (Å²) in [6.45, 7) is 1.78. The first kappa shape index (κ1) is 25.1. The number of anilines is 2. The Kier molecular flexibility index (Phi) is 6.40. The molecule has 2 aromatic carbocycles. The minimum Gasteiger partial charge on any atom is -0.475 e.